The highest BCUT2D eigenvalue weighted by molar-refractivity contribution is 7.99. The van der Waals surface area contributed by atoms with Crippen LogP contribution in [0.25, 0.3) is 0 Å². The van der Waals surface area contributed by atoms with E-state index in [9.17, 15) is 9.59 Å². The quantitative estimate of drug-likeness (QED) is 0.693. The van der Waals surface area contributed by atoms with Gasteiger partial charge in [-0.1, -0.05) is 36.9 Å². The first-order valence-corrected chi connectivity index (χ1v) is 9.75. The Morgan fingerprint density at radius 2 is 2.00 bits per heavy atom. The number of anilines is 1. The van der Waals surface area contributed by atoms with Crippen LogP contribution in [-0.4, -0.2) is 38.9 Å². The first-order chi connectivity index (χ1) is 12.6. The summed E-state index contributed by atoms with van der Waals surface area (Å²) in [7, 11) is 0. The van der Waals surface area contributed by atoms with Gasteiger partial charge >= 0.3 is 0 Å². The van der Waals surface area contributed by atoms with Gasteiger partial charge in [0.15, 0.2) is 5.16 Å². The third kappa shape index (κ3) is 4.63. The van der Waals surface area contributed by atoms with Gasteiger partial charge in [0.05, 0.1) is 12.3 Å². The van der Waals surface area contributed by atoms with Crippen LogP contribution in [-0.2, 0) is 16.0 Å². The number of carbonyl (C=O) groups excluding carboxylic acids is 2. The van der Waals surface area contributed by atoms with Crippen LogP contribution in [0.1, 0.15) is 37.2 Å². The number of amides is 2. The highest BCUT2D eigenvalue weighted by Gasteiger charge is 2.28. The molecule has 1 aliphatic carbocycles. The molecule has 1 heterocycles. The minimum absolute atomic E-state index is 0.0498. The second kappa shape index (κ2) is 8.35. The Morgan fingerprint density at radius 1 is 1.23 bits per heavy atom. The predicted molar refractivity (Wildman–Crippen MR) is 101 cm³/mol. The van der Waals surface area contributed by atoms with Gasteiger partial charge in [-0.3, -0.25) is 9.59 Å². The van der Waals surface area contributed by atoms with Gasteiger partial charge in [0.2, 0.25) is 11.8 Å². The fraction of sp³-hybridized carbons (Fsp3) is 0.444. The monoisotopic (exact) mass is 373 g/mol. The van der Waals surface area contributed by atoms with Crippen molar-refractivity contribution in [2.45, 2.75) is 44.3 Å². The minimum atomic E-state index is -0.235. The van der Waals surface area contributed by atoms with Crippen LogP contribution >= 0.6 is 11.8 Å². The number of nitrogens with one attached hydrogen (secondary N) is 2. The second-order valence-corrected chi connectivity index (χ2v) is 7.20. The molecule has 0 unspecified atom stereocenters. The summed E-state index contributed by atoms with van der Waals surface area (Å²) in [5.41, 5.74) is 1.86. The van der Waals surface area contributed by atoms with E-state index in [0.29, 0.717) is 6.04 Å². The van der Waals surface area contributed by atoms with Crippen LogP contribution < -0.4 is 10.6 Å². The number of hydrogen-bond acceptors (Lipinski definition) is 5. The van der Waals surface area contributed by atoms with Crippen molar-refractivity contribution in [3.63, 3.8) is 0 Å². The lowest BCUT2D eigenvalue weighted by atomic mass is 10.1. The van der Waals surface area contributed by atoms with Crippen LogP contribution in [0.2, 0.25) is 0 Å². The number of hydrogen-bond donors (Lipinski definition) is 2. The standard InChI is InChI=1S/C18H23N5O2S/c1-3-13-6-4-5-7-15(13)20-16(24)10-19-17(25)11-26-18-22-21-12(2)23(18)14-8-9-14/h4-7,14H,3,8-11H2,1-2H3,(H,19,25)(H,20,24). The molecule has 138 valence electrons. The largest absolute Gasteiger partial charge is 0.346 e. The van der Waals surface area contributed by atoms with E-state index in [4.69, 9.17) is 0 Å². The lowest BCUT2D eigenvalue weighted by Crippen LogP contribution is -2.34. The lowest BCUT2D eigenvalue weighted by molar-refractivity contribution is -0.122. The van der Waals surface area contributed by atoms with Crippen LogP contribution in [0, 0.1) is 6.92 Å². The zero-order chi connectivity index (χ0) is 18.5. The zero-order valence-electron chi connectivity index (χ0n) is 15.0. The first kappa shape index (κ1) is 18.4. The molecule has 1 fully saturated rings. The second-order valence-electron chi connectivity index (χ2n) is 6.26. The van der Waals surface area contributed by atoms with E-state index in [-0.39, 0.29) is 24.1 Å². The number of aryl methyl sites for hydroxylation is 2. The summed E-state index contributed by atoms with van der Waals surface area (Å²) in [5, 5.41) is 14.5. The number of thioether (sulfide) groups is 1. The van der Waals surface area contributed by atoms with Gasteiger partial charge in [-0.25, -0.2) is 0 Å². The van der Waals surface area contributed by atoms with Crippen molar-refractivity contribution in [1.82, 2.24) is 20.1 Å². The van der Waals surface area contributed by atoms with E-state index in [1.54, 1.807) is 0 Å². The third-order valence-corrected chi connectivity index (χ3v) is 5.14. The average molecular weight is 373 g/mol. The van der Waals surface area contributed by atoms with Gasteiger partial charge in [0.1, 0.15) is 5.82 Å². The maximum atomic E-state index is 12.1. The van der Waals surface area contributed by atoms with Gasteiger partial charge in [-0.15, -0.1) is 10.2 Å². The maximum absolute atomic E-state index is 12.1. The fourth-order valence-corrected chi connectivity index (χ4v) is 3.59. The number of benzene rings is 1. The molecule has 26 heavy (non-hydrogen) atoms. The van der Waals surface area contributed by atoms with Crippen molar-refractivity contribution in [2.75, 3.05) is 17.6 Å². The summed E-state index contributed by atoms with van der Waals surface area (Å²) in [6, 6.07) is 8.13. The van der Waals surface area contributed by atoms with E-state index < -0.39 is 0 Å². The molecule has 7 nitrogen and oxygen atoms in total. The van der Waals surface area contributed by atoms with Crippen molar-refractivity contribution < 1.29 is 9.59 Å². The number of para-hydroxylation sites is 1. The summed E-state index contributed by atoms with van der Waals surface area (Å²) < 4.78 is 2.09. The molecule has 0 atom stereocenters. The molecule has 0 saturated heterocycles. The summed E-state index contributed by atoms with van der Waals surface area (Å²) in [6.45, 7) is 3.91. The van der Waals surface area contributed by atoms with Crippen LogP contribution in [0.4, 0.5) is 5.69 Å². The number of nitrogens with zero attached hydrogens (tertiary/aromatic N) is 3. The van der Waals surface area contributed by atoms with E-state index in [1.165, 1.54) is 11.8 Å². The summed E-state index contributed by atoms with van der Waals surface area (Å²) >= 11 is 1.35. The summed E-state index contributed by atoms with van der Waals surface area (Å²) in [6.07, 6.45) is 3.11. The van der Waals surface area contributed by atoms with Gasteiger partial charge in [0.25, 0.3) is 0 Å². The Labute approximate surface area is 157 Å². The first-order valence-electron chi connectivity index (χ1n) is 8.77. The Kier molecular flexibility index (Phi) is 5.92. The summed E-state index contributed by atoms with van der Waals surface area (Å²) in [5.74, 6) is 0.659. The van der Waals surface area contributed by atoms with Crippen molar-refractivity contribution in [2.24, 2.45) is 0 Å². The SMILES string of the molecule is CCc1ccccc1NC(=O)CNC(=O)CSc1nnc(C)n1C1CC1. The summed E-state index contributed by atoms with van der Waals surface area (Å²) in [4.78, 5) is 24.1. The molecule has 1 aromatic heterocycles. The van der Waals surface area contributed by atoms with Crippen LogP contribution in [0.3, 0.4) is 0 Å². The maximum Gasteiger partial charge on any atom is 0.243 e. The molecule has 2 N–H and O–H groups in total. The Morgan fingerprint density at radius 3 is 2.73 bits per heavy atom. The van der Waals surface area contributed by atoms with E-state index in [2.05, 4.69) is 25.4 Å². The molecule has 0 bridgehead atoms. The van der Waals surface area contributed by atoms with Gasteiger partial charge in [0, 0.05) is 11.7 Å². The normalized spacial score (nSPS) is 13.5. The van der Waals surface area contributed by atoms with Crippen molar-refractivity contribution in [1.29, 1.82) is 0 Å². The highest BCUT2D eigenvalue weighted by atomic mass is 32.2. The molecule has 0 spiro atoms. The Balaban J connectivity index is 1.45. The molecule has 3 rings (SSSR count). The van der Waals surface area contributed by atoms with E-state index in [0.717, 1.165) is 41.5 Å². The Bertz CT molecular complexity index is 801. The van der Waals surface area contributed by atoms with E-state index in [1.807, 2.05) is 38.1 Å². The minimum Gasteiger partial charge on any atom is -0.346 e. The van der Waals surface area contributed by atoms with Gasteiger partial charge in [-0.2, -0.15) is 0 Å². The molecule has 1 aromatic carbocycles. The van der Waals surface area contributed by atoms with Gasteiger partial charge < -0.3 is 15.2 Å². The molecule has 8 heteroatoms. The van der Waals surface area contributed by atoms with Crippen LogP contribution in [0.15, 0.2) is 29.4 Å². The van der Waals surface area contributed by atoms with Crippen molar-refractivity contribution in [3.05, 3.63) is 35.7 Å². The zero-order valence-corrected chi connectivity index (χ0v) is 15.8. The molecular weight excluding hydrogens is 350 g/mol. The molecule has 1 saturated carbocycles. The lowest BCUT2D eigenvalue weighted by Gasteiger charge is -2.10. The molecular formula is C18H23N5O2S. The molecule has 0 radical (unpaired) electrons. The number of aromatic nitrogens is 3. The Hall–Kier alpha value is -2.35. The molecule has 0 aliphatic heterocycles. The smallest absolute Gasteiger partial charge is 0.243 e. The van der Waals surface area contributed by atoms with Crippen LogP contribution in [0.5, 0.6) is 0 Å². The average Bonchev–Trinajstić information content (AvgIpc) is 3.41. The third-order valence-electron chi connectivity index (χ3n) is 4.20. The number of carbonyl (C=O) groups is 2. The van der Waals surface area contributed by atoms with Crippen molar-refractivity contribution >= 4 is 29.3 Å². The van der Waals surface area contributed by atoms with Crippen molar-refractivity contribution in [3.8, 4) is 0 Å². The molecule has 2 aromatic rings. The predicted octanol–water partition coefficient (Wildman–Crippen LogP) is 2.33. The molecule has 1 aliphatic rings. The van der Waals surface area contributed by atoms with E-state index >= 15 is 0 Å². The number of rotatable bonds is 8. The fourth-order valence-electron chi connectivity index (χ4n) is 2.71. The van der Waals surface area contributed by atoms with Gasteiger partial charge in [-0.05, 0) is 37.8 Å². The topological polar surface area (TPSA) is 88.9 Å². The highest BCUT2D eigenvalue weighted by Crippen LogP contribution is 2.38. The molecule has 2 amide bonds.